The second-order valence-corrected chi connectivity index (χ2v) is 5.34. The zero-order chi connectivity index (χ0) is 17.1. The van der Waals surface area contributed by atoms with E-state index in [-0.39, 0.29) is 6.04 Å². The van der Waals surface area contributed by atoms with Gasteiger partial charge in [0.05, 0.1) is 6.04 Å². The SMILES string of the molecule is CCl.Nc1ncnc2c1c(Oc1ccccc1)nn2C1CC(F)C1. The molecular formula is C16H17ClFN5O. The fourth-order valence-corrected chi connectivity index (χ4v) is 2.61. The van der Waals surface area contributed by atoms with Crippen LogP contribution in [0.1, 0.15) is 18.9 Å². The first-order valence-electron chi connectivity index (χ1n) is 7.46. The van der Waals surface area contributed by atoms with Gasteiger partial charge in [0, 0.05) is 19.2 Å². The number of aromatic nitrogens is 4. The molecule has 0 amide bonds. The molecule has 0 saturated heterocycles. The normalized spacial score (nSPS) is 19.3. The van der Waals surface area contributed by atoms with E-state index < -0.39 is 6.17 Å². The van der Waals surface area contributed by atoms with Gasteiger partial charge >= 0.3 is 0 Å². The molecule has 6 nitrogen and oxygen atoms in total. The number of rotatable bonds is 3. The number of anilines is 1. The van der Waals surface area contributed by atoms with Crippen molar-refractivity contribution in [3.63, 3.8) is 0 Å². The molecule has 3 aromatic rings. The maximum absolute atomic E-state index is 13.2. The molecule has 4 rings (SSSR count). The number of para-hydroxylation sites is 1. The van der Waals surface area contributed by atoms with Crippen molar-refractivity contribution in [2.75, 3.05) is 12.1 Å². The highest BCUT2D eigenvalue weighted by Gasteiger charge is 2.33. The Labute approximate surface area is 143 Å². The summed E-state index contributed by atoms with van der Waals surface area (Å²) in [6.45, 7) is 0. The third kappa shape index (κ3) is 2.99. The van der Waals surface area contributed by atoms with E-state index in [1.807, 2.05) is 30.3 Å². The van der Waals surface area contributed by atoms with Crippen LogP contribution in [0.25, 0.3) is 11.0 Å². The molecule has 24 heavy (non-hydrogen) atoms. The van der Waals surface area contributed by atoms with E-state index in [0.717, 1.165) is 0 Å². The lowest BCUT2D eigenvalue weighted by Gasteiger charge is -2.29. The monoisotopic (exact) mass is 349 g/mol. The summed E-state index contributed by atoms with van der Waals surface area (Å²) in [5.74, 6) is 1.30. The first-order valence-corrected chi connectivity index (χ1v) is 8.21. The van der Waals surface area contributed by atoms with E-state index >= 15 is 0 Å². The largest absolute Gasteiger partial charge is 0.437 e. The summed E-state index contributed by atoms with van der Waals surface area (Å²) in [6.07, 6.45) is 2.95. The number of nitrogens with two attached hydrogens (primary N) is 1. The van der Waals surface area contributed by atoms with E-state index in [9.17, 15) is 4.39 Å². The van der Waals surface area contributed by atoms with Crippen LogP contribution in [0.4, 0.5) is 10.2 Å². The van der Waals surface area contributed by atoms with Crippen LogP contribution in [0.2, 0.25) is 0 Å². The molecule has 0 atom stereocenters. The van der Waals surface area contributed by atoms with E-state index in [1.54, 1.807) is 4.68 Å². The van der Waals surface area contributed by atoms with Gasteiger partial charge in [0.2, 0.25) is 0 Å². The minimum Gasteiger partial charge on any atom is -0.437 e. The Morgan fingerprint density at radius 3 is 2.58 bits per heavy atom. The van der Waals surface area contributed by atoms with Gasteiger partial charge in [-0.2, -0.15) is 0 Å². The molecule has 1 aliphatic rings. The fraction of sp³-hybridized carbons (Fsp3) is 0.312. The smallest absolute Gasteiger partial charge is 0.251 e. The van der Waals surface area contributed by atoms with E-state index in [2.05, 4.69) is 26.7 Å². The molecular weight excluding hydrogens is 333 g/mol. The fourth-order valence-electron chi connectivity index (χ4n) is 2.61. The number of alkyl halides is 2. The molecule has 2 N–H and O–H groups in total. The Hall–Kier alpha value is -2.41. The molecule has 1 fully saturated rings. The minimum absolute atomic E-state index is 0.0140. The Morgan fingerprint density at radius 2 is 1.92 bits per heavy atom. The average Bonchev–Trinajstić information content (AvgIpc) is 2.94. The van der Waals surface area contributed by atoms with Gasteiger partial charge in [-0.05, 0) is 12.1 Å². The predicted molar refractivity (Wildman–Crippen MR) is 91.2 cm³/mol. The molecule has 0 aliphatic heterocycles. The zero-order valence-electron chi connectivity index (χ0n) is 13.1. The van der Waals surface area contributed by atoms with Crippen molar-refractivity contribution < 1.29 is 9.13 Å². The van der Waals surface area contributed by atoms with Gasteiger partial charge in [-0.3, -0.25) is 0 Å². The number of hydrogen-bond donors (Lipinski definition) is 1. The number of ether oxygens (including phenoxy) is 1. The van der Waals surface area contributed by atoms with Crippen LogP contribution in [-0.2, 0) is 0 Å². The van der Waals surface area contributed by atoms with Gasteiger partial charge in [-0.1, -0.05) is 18.2 Å². The summed E-state index contributed by atoms with van der Waals surface area (Å²) in [5, 5.41) is 5.01. The molecule has 2 heterocycles. The van der Waals surface area contributed by atoms with E-state index in [1.165, 1.54) is 12.7 Å². The van der Waals surface area contributed by atoms with Crippen LogP contribution in [0.5, 0.6) is 11.6 Å². The molecule has 0 radical (unpaired) electrons. The lowest BCUT2D eigenvalue weighted by atomic mass is 9.91. The molecule has 1 saturated carbocycles. The van der Waals surface area contributed by atoms with Crippen molar-refractivity contribution in [3.8, 4) is 11.6 Å². The van der Waals surface area contributed by atoms with Crippen molar-refractivity contribution >= 4 is 28.5 Å². The Morgan fingerprint density at radius 1 is 1.21 bits per heavy atom. The molecule has 0 unspecified atom stereocenters. The average molecular weight is 350 g/mol. The maximum Gasteiger partial charge on any atom is 0.251 e. The number of nitrogen functional groups attached to an aromatic ring is 1. The Kier molecular flexibility index (Phi) is 4.80. The third-order valence-electron chi connectivity index (χ3n) is 3.85. The summed E-state index contributed by atoms with van der Waals surface area (Å²) in [7, 11) is 0. The van der Waals surface area contributed by atoms with Crippen molar-refractivity contribution in [2.45, 2.75) is 25.1 Å². The highest BCUT2D eigenvalue weighted by Crippen LogP contribution is 2.39. The second-order valence-electron chi connectivity index (χ2n) is 5.34. The maximum atomic E-state index is 13.2. The van der Waals surface area contributed by atoms with Gasteiger partial charge in [-0.25, -0.2) is 19.0 Å². The Bertz CT molecular complexity index is 820. The molecule has 8 heteroatoms. The van der Waals surface area contributed by atoms with Crippen LogP contribution in [0.3, 0.4) is 0 Å². The molecule has 1 aromatic carbocycles. The van der Waals surface area contributed by atoms with Gasteiger partial charge in [0.15, 0.2) is 5.65 Å². The third-order valence-corrected chi connectivity index (χ3v) is 3.85. The van der Waals surface area contributed by atoms with Crippen LogP contribution in [-0.4, -0.2) is 32.3 Å². The van der Waals surface area contributed by atoms with E-state index in [0.29, 0.717) is 41.3 Å². The van der Waals surface area contributed by atoms with Gasteiger partial charge in [-0.15, -0.1) is 16.7 Å². The minimum atomic E-state index is -0.776. The van der Waals surface area contributed by atoms with Crippen molar-refractivity contribution in [1.29, 1.82) is 0 Å². The number of benzene rings is 1. The quantitative estimate of drug-likeness (QED) is 0.729. The van der Waals surface area contributed by atoms with Gasteiger partial charge in [0.25, 0.3) is 5.88 Å². The van der Waals surface area contributed by atoms with Crippen molar-refractivity contribution in [3.05, 3.63) is 36.7 Å². The number of nitrogens with zero attached hydrogens (tertiary/aromatic N) is 4. The molecule has 126 valence electrons. The van der Waals surface area contributed by atoms with Gasteiger partial charge < -0.3 is 10.5 Å². The highest BCUT2D eigenvalue weighted by atomic mass is 35.5. The molecule has 0 bridgehead atoms. The van der Waals surface area contributed by atoms with Crippen LogP contribution >= 0.6 is 11.6 Å². The Balaban J connectivity index is 0.000000815. The lowest BCUT2D eigenvalue weighted by Crippen LogP contribution is -2.28. The summed E-state index contributed by atoms with van der Waals surface area (Å²) in [6, 6.07) is 9.27. The number of hydrogen-bond acceptors (Lipinski definition) is 5. The van der Waals surface area contributed by atoms with Crippen LogP contribution in [0.15, 0.2) is 36.7 Å². The second kappa shape index (κ2) is 7.00. The molecule has 1 aliphatic carbocycles. The predicted octanol–water partition coefficient (Wildman–Crippen LogP) is 3.73. The summed E-state index contributed by atoms with van der Waals surface area (Å²) < 4.78 is 20.7. The lowest BCUT2D eigenvalue weighted by molar-refractivity contribution is 0.129. The summed E-state index contributed by atoms with van der Waals surface area (Å²) in [5.41, 5.74) is 6.53. The summed E-state index contributed by atoms with van der Waals surface area (Å²) >= 11 is 4.64. The van der Waals surface area contributed by atoms with Gasteiger partial charge in [0.1, 0.15) is 29.5 Å². The van der Waals surface area contributed by atoms with E-state index in [4.69, 9.17) is 10.5 Å². The summed E-state index contributed by atoms with van der Waals surface area (Å²) in [4.78, 5) is 8.24. The van der Waals surface area contributed by atoms with Crippen molar-refractivity contribution in [2.24, 2.45) is 0 Å². The topological polar surface area (TPSA) is 78.8 Å². The standard InChI is InChI=1S/C15H14FN5O.CH3Cl/c16-9-6-10(7-9)21-14-12(13(17)18-8-19-14)15(20-21)22-11-4-2-1-3-5-11;1-2/h1-5,8-10H,6-7H2,(H2,17,18,19);1H3. The first kappa shape index (κ1) is 16.4. The zero-order valence-corrected chi connectivity index (χ0v) is 13.8. The highest BCUT2D eigenvalue weighted by molar-refractivity contribution is 6.15. The molecule has 2 aromatic heterocycles. The van der Waals surface area contributed by atoms with Crippen LogP contribution in [0, 0.1) is 0 Å². The molecule has 0 spiro atoms. The van der Waals surface area contributed by atoms with Crippen LogP contribution < -0.4 is 10.5 Å². The number of halogens is 2. The number of fused-ring (bicyclic) bond motifs is 1. The van der Waals surface area contributed by atoms with Crippen molar-refractivity contribution in [1.82, 2.24) is 19.7 Å². The first-order chi connectivity index (χ1) is 11.7.